The van der Waals surface area contributed by atoms with Crippen LogP contribution in [0.2, 0.25) is 0 Å². The number of rotatable bonds is 4. The number of hydrogen-bond acceptors (Lipinski definition) is 4. The molecule has 0 spiro atoms. The summed E-state index contributed by atoms with van der Waals surface area (Å²) in [6, 6.07) is 14.3. The van der Waals surface area contributed by atoms with Gasteiger partial charge in [-0.1, -0.05) is 24.3 Å². The Labute approximate surface area is 140 Å². The van der Waals surface area contributed by atoms with E-state index in [0.717, 1.165) is 11.3 Å². The summed E-state index contributed by atoms with van der Waals surface area (Å²) >= 11 is 0. The number of carbonyl (C=O) groups is 1. The maximum Gasteiger partial charge on any atom is 0.280 e. The molecule has 1 amide bonds. The van der Waals surface area contributed by atoms with Crippen LogP contribution >= 0.6 is 0 Å². The van der Waals surface area contributed by atoms with E-state index in [0.29, 0.717) is 23.6 Å². The van der Waals surface area contributed by atoms with E-state index in [9.17, 15) is 9.90 Å². The topological polar surface area (TPSA) is 62.1 Å². The van der Waals surface area contributed by atoms with Gasteiger partial charge in [0.05, 0.1) is 23.6 Å². The minimum atomic E-state index is -0.176. The van der Waals surface area contributed by atoms with Crippen LogP contribution < -0.4 is 9.75 Å². The molecule has 2 aromatic carbocycles. The highest BCUT2D eigenvalue weighted by Gasteiger charge is 2.28. The molecular formula is C19H18N2O3. The van der Waals surface area contributed by atoms with Crippen molar-refractivity contribution in [3.8, 4) is 11.5 Å². The molecule has 1 aliphatic heterocycles. The van der Waals surface area contributed by atoms with Crippen LogP contribution in [0.4, 0.5) is 5.69 Å². The standard InChI is InChI=1S/C19H18N2O3/c1-3-24-18-12-14(9-10-17(18)22)11-16-13(2)20-21(19(16)23)15-7-5-4-6-8-15/h4-12,22H,3H2,1-2H3. The zero-order valence-corrected chi connectivity index (χ0v) is 13.6. The van der Waals surface area contributed by atoms with Crippen molar-refractivity contribution < 1.29 is 14.6 Å². The summed E-state index contributed by atoms with van der Waals surface area (Å²) in [5.74, 6) is 0.296. The number of nitrogens with zero attached hydrogens (tertiary/aromatic N) is 2. The molecule has 0 aromatic heterocycles. The molecule has 1 heterocycles. The summed E-state index contributed by atoms with van der Waals surface area (Å²) in [5, 5.41) is 15.5. The SMILES string of the molecule is CCOc1cc(C=C2C(=O)N(c3ccccc3)N=C2C)ccc1O. The van der Waals surface area contributed by atoms with Gasteiger partial charge in [-0.15, -0.1) is 0 Å². The summed E-state index contributed by atoms with van der Waals surface area (Å²) in [5.41, 5.74) is 2.66. The lowest BCUT2D eigenvalue weighted by Crippen LogP contribution is -2.21. The minimum Gasteiger partial charge on any atom is -0.504 e. The second-order valence-electron chi connectivity index (χ2n) is 5.36. The first-order chi connectivity index (χ1) is 11.6. The Kier molecular flexibility index (Phi) is 4.33. The van der Waals surface area contributed by atoms with Gasteiger partial charge in [-0.25, -0.2) is 0 Å². The Morgan fingerprint density at radius 1 is 1.21 bits per heavy atom. The van der Waals surface area contributed by atoms with Gasteiger partial charge in [0, 0.05) is 0 Å². The van der Waals surface area contributed by atoms with E-state index < -0.39 is 0 Å². The number of aromatic hydroxyl groups is 1. The van der Waals surface area contributed by atoms with Crippen LogP contribution in [0.3, 0.4) is 0 Å². The molecule has 0 fully saturated rings. The van der Waals surface area contributed by atoms with Crippen LogP contribution in [0, 0.1) is 0 Å². The Bertz CT molecular complexity index is 826. The Hall–Kier alpha value is -3.08. The zero-order chi connectivity index (χ0) is 17.1. The second kappa shape index (κ2) is 6.58. The highest BCUT2D eigenvalue weighted by molar-refractivity contribution is 6.32. The van der Waals surface area contributed by atoms with E-state index in [1.54, 1.807) is 31.2 Å². The van der Waals surface area contributed by atoms with Gasteiger partial charge in [-0.2, -0.15) is 10.1 Å². The zero-order valence-electron chi connectivity index (χ0n) is 13.6. The first-order valence-electron chi connectivity index (χ1n) is 7.72. The molecule has 5 nitrogen and oxygen atoms in total. The molecule has 24 heavy (non-hydrogen) atoms. The normalized spacial score (nSPS) is 15.8. The van der Waals surface area contributed by atoms with E-state index in [1.165, 1.54) is 5.01 Å². The van der Waals surface area contributed by atoms with Crippen molar-refractivity contribution in [2.75, 3.05) is 11.6 Å². The number of benzene rings is 2. The third-order valence-corrected chi connectivity index (χ3v) is 3.66. The highest BCUT2D eigenvalue weighted by atomic mass is 16.5. The number of para-hydroxylation sites is 1. The van der Waals surface area contributed by atoms with E-state index in [-0.39, 0.29) is 11.7 Å². The fourth-order valence-electron chi connectivity index (χ4n) is 2.49. The van der Waals surface area contributed by atoms with Crippen LogP contribution in [0.1, 0.15) is 19.4 Å². The number of hydrazone groups is 1. The van der Waals surface area contributed by atoms with Gasteiger partial charge in [0.15, 0.2) is 11.5 Å². The van der Waals surface area contributed by atoms with E-state index in [2.05, 4.69) is 5.10 Å². The molecule has 0 atom stereocenters. The minimum absolute atomic E-state index is 0.0769. The molecule has 0 bridgehead atoms. The summed E-state index contributed by atoms with van der Waals surface area (Å²) in [6.45, 7) is 4.10. The third-order valence-electron chi connectivity index (χ3n) is 3.66. The van der Waals surface area contributed by atoms with Crippen molar-refractivity contribution in [1.29, 1.82) is 0 Å². The van der Waals surface area contributed by atoms with Crippen LogP contribution in [-0.2, 0) is 4.79 Å². The molecule has 0 aliphatic carbocycles. The molecule has 122 valence electrons. The average Bonchev–Trinajstić information content (AvgIpc) is 2.87. The molecule has 3 rings (SSSR count). The van der Waals surface area contributed by atoms with Gasteiger partial charge < -0.3 is 9.84 Å². The van der Waals surface area contributed by atoms with E-state index >= 15 is 0 Å². The first-order valence-corrected chi connectivity index (χ1v) is 7.72. The van der Waals surface area contributed by atoms with Crippen LogP contribution in [0.15, 0.2) is 59.2 Å². The van der Waals surface area contributed by atoms with Crippen molar-refractivity contribution in [2.24, 2.45) is 5.10 Å². The molecular weight excluding hydrogens is 304 g/mol. The predicted molar refractivity (Wildman–Crippen MR) is 94.3 cm³/mol. The molecule has 0 unspecified atom stereocenters. The molecule has 2 aromatic rings. The number of phenols is 1. The Morgan fingerprint density at radius 3 is 2.67 bits per heavy atom. The monoisotopic (exact) mass is 322 g/mol. The lowest BCUT2D eigenvalue weighted by molar-refractivity contribution is -0.114. The average molecular weight is 322 g/mol. The Morgan fingerprint density at radius 2 is 1.96 bits per heavy atom. The van der Waals surface area contributed by atoms with Crippen molar-refractivity contribution in [1.82, 2.24) is 0 Å². The third kappa shape index (κ3) is 3.01. The van der Waals surface area contributed by atoms with Gasteiger partial charge >= 0.3 is 0 Å². The van der Waals surface area contributed by atoms with Crippen LogP contribution in [0.5, 0.6) is 11.5 Å². The van der Waals surface area contributed by atoms with Gasteiger partial charge in [0.25, 0.3) is 5.91 Å². The summed E-state index contributed by atoms with van der Waals surface area (Å²) in [6.07, 6.45) is 1.76. The Balaban J connectivity index is 1.93. The van der Waals surface area contributed by atoms with Crippen LogP contribution in [0.25, 0.3) is 6.08 Å². The highest BCUT2D eigenvalue weighted by Crippen LogP contribution is 2.29. The predicted octanol–water partition coefficient (Wildman–Crippen LogP) is 3.60. The van der Waals surface area contributed by atoms with Crippen molar-refractivity contribution in [3.05, 3.63) is 59.7 Å². The number of anilines is 1. The number of carbonyl (C=O) groups excluding carboxylic acids is 1. The second-order valence-corrected chi connectivity index (χ2v) is 5.36. The smallest absolute Gasteiger partial charge is 0.280 e. The molecule has 0 radical (unpaired) electrons. The number of phenolic OH excluding ortho intramolecular Hbond substituents is 1. The molecule has 1 aliphatic rings. The van der Waals surface area contributed by atoms with Gasteiger partial charge in [-0.05, 0) is 49.8 Å². The van der Waals surface area contributed by atoms with E-state index in [1.807, 2.05) is 37.3 Å². The maximum atomic E-state index is 12.7. The van der Waals surface area contributed by atoms with Crippen molar-refractivity contribution in [3.63, 3.8) is 0 Å². The van der Waals surface area contributed by atoms with Gasteiger partial charge in [0.1, 0.15) is 0 Å². The summed E-state index contributed by atoms with van der Waals surface area (Å²) in [4.78, 5) is 12.7. The van der Waals surface area contributed by atoms with Crippen molar-refractivity contribution >= 4 is 23.4 Å². The number of hydrogen-bond donors (Lipinski definition) is 1. The fourth-order valence-corrected chi connectivity index (χ4v) is 2.49. The quantitative estimate of drug-likeness (QED) is 0.875. The van der Waals surface area contributed by atoms with Gasteiger partial charge in [-0.3, -0.25) is 4.79 Å². The van der Waals surface area contributed by atoms with Crippen molar-refractivity contribution in [2.45, 2.75) is 13.8 Å². The molecule has 0 saturated carbocycles. The number of amides is 1. The molecule has 5 heteroatoms. The molecule has 0 saturated heterocycles. The summed E-state index contributed by atoms with van der Waals surface area (Å²) in [7, 11) is 0. The number of ether oxygens (including phenoxy) is 1. The van der Waals surface area contributed by atoms with E-state index in [4.69, 9.17) is 4.74 Å². The summed E-state index contributed by atoms with van der Waals surface area (Å²) < 4.78 is 5.38. The van der Waals surface area contributed by atoms with Crippen LogP contribution in [-0.4, -0.2) is 23.3 Å². The first kappa shape index (κ1) is 15.8. The fraction of sp³-hybridized carbons (Fsp3) is 0.158. The largest absolute Gasteiger partial charge is 0.504 e. The lowest BCUT2D eigenvalue weighted by atomic mass is 10.1. The maximum absolute atomic E-state index is 12.7. The lowest BCUT2D eigenvalue weighted by Gasteiger charge is -2.11. The molecule has 1 N–H and O–H groups in total. The van der Waals surface area contributed by atoms with Gasteiger partial charge in [0.2, 0.25) is 0 Å².